The summed E-state index contributed by atoms with van der Waals surface area (Å²) in [7, 11) is 0. The van der Waals surface area contributed by atoms with Crippen molar-refractivity contribution in [2.45, 2.75) is 38.6 Å². The fourth-order valence-electron chi connectivity index (χ4n) is 3.77. The molecule has 0 N–H and O–H groups in total. The van der Waals surface area contributed by atoms with Gasteiger partial charge in [-0.15, -0.1) is 0 Å². The predicted molar refractivity (Wildman–Crippen MR) is 120 cm³/mol. The molecule has 0 spiro atoms. The normalized spacial score (nSPS) is 16.0. The van der Waals surface area contributed by atoms with E-state index in [0.717, 1.165) is 41.8 Å². The van der Waals surface area contributed by atoms with E-state index in [1.54, 1.807) is 0 Å². The number of benzene rings is 3. The zero-order valence-electron chi connectivity index (χ0n) is 16.8. The number of unbranched alkanes of at least 4 members (excludes halogenated alkanes) is 1. The van der Waals surface area contributed by atoms with E-state index in [-0.39, 0.29) is 11.8 Å². The molecule has 1 aliphatic rings. The highest BCUT2D eigenvalue weighted by molar-refractivity contribution is 6.03. The van der Waals surface area contributed by atoms with Crippen molar-refractivity contribution >= 4 is 17.2 Å². The number of anilines is 1. The Morgan fingerprint density at radius 1 is 0.931 bits per heavy atom. The van der Waals surface area contributed by atoms with Crippen LogP contribution in [0.1, 0.15) is 60.1 Å². The van der Waals surface area contributed by atoms with Gasteiger partial charge in [0, 0.05) is 18.4 Å². The Morgan fingerprint density at radius 2 is 1.59 bits per heavy atom. The van der Waals surface area contributed by atoms with Crippen LogP contribution < -0.4 is 5.01 Å². The van der Waals surface area contributed by atoms with Gasteiger partial charge in [-0.3, -0.25) is 9.80 Å². The van der Waals surface area contributed by atoms with E-state index in [9.17, 15) is 4.79 Å². The van der Waals surface area contributed by atoms with Gasteiger partial charge < -0.3 is 0 Å². The first-order valence-electron chi connectivity index (χ1n) is 10.4. The molecule has 3 heteroatoms. The van der Waals surface area contributed by atoms with Crippen LogP contribution in [0.4, 0.5) is 5.69 Å². The summed E-state index contributed by atoms with van der Waals surface area (Å²) in [5.74, 6) is 0.216. The molecule has 0 aromatic heterocycles. The first-order valence-corrected chi connectivity index (χ1v) is 10.4. The van der Waals surface area contributed by atoms with Crippen LogP contribution in [0.3, 0.4) is 0 Å². The largest absolute Gasteiger partial charge is 0.294 e. The summed E-state index contributed by atoms with van der Waals surface area (Å²) < 4.78 is 0. The minimum Gasteiger partial charge on any atom is -0.294 e. The number of rotatable bonds is 7. The van der Waals surface area contributed by atoms with Crippen molar-refractivity contribution in [3.63, 3.8) is 0 Å². The summed E-state index contributed by atoms with van der Waals surface area (Å²) >= 11 is 0. The van der Waals surface area contributed by atoms with E-state index in [1.807, 2.05) is 36.4 Å². The Morgan fingerprint density at radius 3 is 2.24 bits per heavy atom. The van der Waals surface area contributed by atoms with E-state index in [0.29, 0.717) is 6.42 Å². The van der Waals surface area contributed by atoms with E-state index in [1.165, 1.54) is 5.56 Å². The van der Waals surface area contributed by atoms with E-state index >= 15 is 0 Å². The van der Waals surface area contributed by atoms with Crippen LogP contribution in [0.5, 0.6) is 0 Å². The van der Waals surface area contributed by atoms with Gasteiger partial charge >= 0.3 is 0 Å². The van der Waals surface area contributed by atoms with Crippen LogP contribution in [-0.4, -0.2) is 11.5 Å². The van der Waals surface area contributed by atoms with Gasteiger partial charge in [0.1, 0.15) is 0 Å². The van der Waals surface area contributed by atoms with Crippen LogP contribution in [0, 0.1) is 0 Å². The molecule has 0 bridgehead atoms. The zero-order valence-corrected chi connectivity index (χ0v) is 16.8. The number of nitrogens with zero attached hydrogens (tertiary/aromatic N) is 2. The maximum Gasteiger partial charge on any atom is 0.162 e. The van der Waals surface area contributed by atoms with E-state index < -0.39 is 0 Å². The zero-order chi connectivity index (χ0) is 20.1. The third-order valence-electron chi connectivity index (χ3n) is 5.41. The summed E-state index contributed by atoms with van der Waals surface area (Å²) in [6, 6.07) is 28.9. The lowest BCUT2D eigenvalue weighted by Crippen LogP contribution is -2.18. The number of carbonyl (C=O) groups is 1. The number of carbonyl (C=O) groups excluding carboxylic acids is 1. The summed E-state index contributed by atoms with van der Waals surface area (Å²) in [5, 5.41) is 7.07. The SMILES string of the molecule is CCCCC(=O)c1ccc(N2N=C(c3ccccc3)C[C@@H]2c2ccccc2)cc1. The van der Waals surface area contributed by atoms with Crippen molar-refractivity contribution in [2.75, 3.05) is 5.01 Å². The number of Topliss-reactive ketones (excluding diaryl/α,β-unsaturated/α-hetero) is 1. The highest BCUT2D eigenvalue weighted by Crippen LogP contribution is 2.36. The van der Waals surface area contributed by atoms with Gasteiger partial charge in [-0.05, 0) is 41.8 Å². The highest BCUT2D eigenvalue weighted by Gasteiger charge is 2.29. The second-order valence-electron chi connectivity index (χ2n) is 7.46. The van der Waals surface area contributed by atoms with Gasteiger partial charge in [0.25, 0.3) is 0 Å². The lowest BCUT2D eigenvalue weighted by molar-refractivity contribution is 0.0980. The van der Waals surface area contributed by atoms with Crippen molar-refractivity contribution in [1.82, 2.24) is 0 Å². The topological polar surface area (TPSA) is 32.7 Å². The Labute approximate surface area is 172 Å². The molecule has 0 aliphatic carbocycles. The lowest BCUT2D eigenvalue weighted by Gasteiger charge is -2.24. The minimum atomic E-state index is 0.146. The van der Waals surface area contributed by atoms with Gasteiger partial charge in [-0.1, -0.05) is 74.0 Å². The molecule has 3 aromatic carbocycles. The number of hydrazone groups is 1. The molecule has 4 rings (SSSR count). The summed E-state index contributed by atoms with van der Waals surface area (Å²) in [4.78, 5) is 12.3. The van der Waals surface area contributed by atoms with E-state index in [2.05, 4.69) is 60.5 Å². The van der Waals surface area contributed by atoms with Crippen LogP contribution in [-0.2, 0) is 0 Å². The summed E-state index contributed by atoms with van der Waals surface area (Å²) in [6.07, 6.45) is 3.44. The Hall–Kier alpha value is -3.20. The third kappa shape index (κ3) is 4.29. The van der Waals surface area contributed by atoms with Crippen molar-refractivity contribution in [3.05, 3.63) is 102 Å². The predicted octanol–water partition coefficient (Wildman–Crippen LogP) is 6.42. The van der Waals surface area contributed by atoms with Crippen molar-refractivity contribution < 1.29 is 4.79 Å². The molecule has 1 aliphatic heterocycles. The molecule has 29 heavy (non-hydrogen) atoms. The molecule has 0 unspecified atom stereocenters. The smallest absolute Gasteiger partial charge is 0.162 e. The molecular weight excluding hydrogens is 356 g/mol. The summed E-state index contributed by atoms with van der Waals surface area (Å²) in [6.45, 7) is 2.11. The molecule has 146 valence electrons. The fourth-order valence-corrected chi connectivity index (χ4v) is 3.77. The molecule has 0 radical (unpaired) electrons. The van der Waals surface area contributed by atoms with Crippen LogP contribution >= 0.6 is 0 Å². The Bertz CT molecular complexity index is 978. The van der Waals surface area contributed by atoms with Crippen LogP contribution in [0.25, 0.3) is 0 Å². The summed E-state index contributed by atoms with van der Waals surface area (Å²) in [5.41, 5.74) is 5.27. The van der Waals surface area contributed by atoms with Crippen LogP contribution in [0.2, 0.25) is 0 Å². The first-order chi connectivity index (χ1) is 14.3. The molecular formula is C26H26N2O. The van der Waals surface area contributed by atoms with Gasteiger partial charge in [-0.25, -0.2) is 0 Å². The maximum absolute atomic E-state index is 12.3. The molecule has 3 nitrogen and oxygen atoms in total. The molecule has 0 saturated carbocycles. The minimum absolute atomic E-state index is 0.146. The second-order valence-corrected chi connectivity index (χ2v) is 7.46. The molecule has 0 fully saturated rings. The monoisotopic (exact) mass is 382 g/mol. The molecule has 0 saturated heterocycles. The van der Waals surface area contributed by atoms with E-state index in [4.69, 9.17) is 5.10 Å². The number of hydrogen-bond acceptors (Lipinski definition) is 3. The molecule has 1 atom stereocenters. The average molecular weight is 383 g/mol. The second kappa shape index (κ2) is 8.87. The molecule has 1 heterocycles. The molecule has 3 aromatic rings. The van der Waals surface area contributed by atoms with Gasteiger partial charge in [-0.2, -0.15) is 5.10 Å². The first kappa shape index (κ1) is 19.1. The van der Waals surface area contributed by atoms with Crippen molar-refractivity contribution in [3.8, 4) is 0 Å². The van der Waals surface area contributed by atoms with Gasteiger partial charge in [0.05, 0.1) is 17.4 Å². The average Bonchev–Trinajstić information content (AvgIpc) is 3.24. The quantitative estimate of drug-likeness (QED) is 0.442. The highest BCUT2D eigenvalue weighted by atomic mass is 16.1. The number of hydrogen-bond donors (Lipinski definition) is 0. The Kier molecular flexibility index (Phi) is 5.85. The lowest BCUT2D eigenvalue weighted by atomic mass is 9.98. The Balaban J connectivity index is 1.64. The number of ketones is 1. The van der Waals surface area contributed by atoms with Crippen molar-refractivity contribution in [2.24, 2.45) is 5.10 Å². The van der Waals surface area contributed by atoms with Crippen molar-refractivity contribution in [1.29, 1.82) is 0 Å². The third-order valence-corrected chi connectivity index (χ3v) is 5.41. The molecule has 0 amide bonds. The van der Waals surface area contributed by atoms with Gasteiger partial charge in [0.15, 0.2) is 5.78 Å². The maximum atomic E-state index is 12.3. The fraction of sp³-hybridized carbons (Fsp3) is 0.231. The van der Waals surface area contributed by atoms with Gasteiger partial charge in [0.2, 0.25) is 0 Å². The standard InChI is InChI=1S/C26H26N2O/c1-2-3-14-26(29)22-15-17-23(18-16-22)28-25(21-12-8-5-9-13-21)19-24(27-28)20-10-6-4-7-11-20/h4-13,15-18,25H,2-3,14,19H2,1H3/t25-/m1/s1. The van der Waals surface area contributed by atoms with Crippen LogP contribution in [0.15, 0.2) is 90.0 Å².